The van der Waals surface area contributed by atoms with Gasteiger partial charge in [-0.15, -0.1) is 10.2 Å². The van der Waals surface area contributed by atoms with Gasteiger partial charge in [-0.3, -0.25) is 4.79 Å². The van der Waals surface area contributed by atoms with E-state index in [-0.39, 0.29) is 30.7 Å². The van der Waals surface area contributed by atoms with Crippen LogP contribution in [-0.2, 0) is 22.8 Å². The molecule has 1 saturated heterocycles. The van der Waals surface area contributed by atoms with Crippen LogP contribution in [0.4, 0.5) is 24.5 Å². The van der Waals surface area contributed by atoms with Crippen LogP contribution in [0, 0.1) is 11.3 Å². The fourth-order valence-electron chi connectivity index (χ4n) is 5.48. The van der Waals surface area contributed by atoms with Crippen molar-refractivity contribution in [3.8, 4) is 17.5 Å². The van der Waals surface area contributed by atoms with E-state index >= 15 is 0 Å². The summed E-state index contributed by atoms with van der Waals surface area (Å²) in [5, 5.41) is 27.8. The second kappa shape index (κ2) is 12.8. The normalized spacial score (nSPS) is 19.7. The molecule has 42 heavy (non-hydrogen) atoms. The molecule has 3 aromatic rings. The molecule has 2 N–H and O–H groups in total. The summed E-state index contributed by atoms with van der Waals surface area (Å²) in [6, 6.07) is 13.4. The molecule has 1 aromatic heterocycles. The molecule has 2 aromatic carbocycles. The number of hydrogen-bond donors (Lipinski definition) is 2. The number of rotatable bonds is 8. The predicted octanol–water partition coefficient (Wildman–Crippen LogP) is 4.61. The molecule has 1 aliphatic heterocycles. The van der Waals surface area contributed by atoms with E-state index < -0.39 is 17.3 Å². The molecule has 1 amide bonds. The van der Waals surface area contributed by atoms with Crippen molar-refractivity contribution in [2.45, 2.75) is 62.9 Å². The highest BCUT2D eigenvalue weighted by atomic mass is 19.4. The topological polar surface area (TPSA) is 121 Å². The first-order valence-corrected chi connectivity index (χ1v) is 14.1. The molecule has 13 heteroatoms. The number of anilines is 2. The third-order valence-corrected chi connectivity index (χ3v) is 7.80. The minimum atomic E-state index is -4.59. The molecule has 1 aliphatic carbocycles. The molecular formula is C29H33F3N8O2. The van der Waals surface area contributed by atoms with E-state index in [1.165, 1.54) is 16.9 Å². The predicted molar refractivity (Wildman–Crippen MR) is 149 cm³/mol. The van der Waals surface area contributed by atoms with Crippen LogP contribution < -0.4 is 10.6 Å². The highest BCUT2D eigenvalue weighted by Gasteiger charge is 2.34. The van der Waals surface area contributed by atoms with Gasteiger partial charge in [-0.1, -0.05) is 0 Å². The summed E-state index contributed by atoms with van der Waals surface area (Å²) < 4.78 is 45.7. The van der Waals surface area contributed by atoms with Gasteiger partial charge in [0.15, 0.2) is 0 Å². The molecule has 2 heterocycles. The maximum absolute atomic E-state index is 13.3. The van der Waals surface area contributed by atoms with Crippen LogP contribution >= 0.6 is 0 Å². The zero-order valence-corrected chi connectivity index (χ0v) is 23.3. The van der Waals surface area contributed by atoms with Crippen molar-refractivity contribution in [3.63, 3.8) is 0 Å². The smallest absolute Gasteiger partial charge is 0.382 e. The Hall–Kier alpha value is -4.18. The first-order chi connectivity index (χ1) is 20.2. The van der Waals surface area contributed by atoms with Gasteiger partial charge in [-0.25, -0.2) is 0 Å². The van der Waals surface area contributed by atoms with E-state index in [2.05, 4.69) is 26.0 Å². The summed E-state index contributed by atoms with van der Waals surface area (Å²) in [6.07, 6.45) is -0.117. The SMILES string of the molecule is Cn1nnc(-c2ccc(NC3CCN(C(=O)CO[C@H]4CC[C@H](Nc5ccc(C#N)c(C(F)(F)F)c5)CC4)CC3)cc2)n1. The number of amides is 1. The Bertz CT molecular complexity index is 1400. The average Bonchev–Trinajstić information content (AvgIpc) is 3.43. The van der Waals surface area contributed by atoms with Crippen molar-refractivity contribution in [2.24, 2.45) is 7.05 Å². The Kier molecular flexibility index (Phi) is 8.91. The first kappa shape index (κ1) is 29.3. The number of piperidine rings is 1. The average molecular weight is 583 g/mol. The zero-order chi connectivity index (χ0) is 29.7. The van der Waals surface area contributed by atoms with E-state index in [1.807, 2.05) is 29.2 Å². The lowest BCUT2D eigenvalue weighted by Crippen LogP contribution is -2.44. The van der Waals surface area contributed by atoms with Crippen LogP contribution in [0.25, 0.3) is 11.4 Å². The number of halogens is 3. The number of carbonyl (C=O) groups is 1. The third kappa shape index (κ3) is 7.36. The van der Waals surface area contributed by atoms with Gasteiger partial charge in [-0.2, -0.15) is 23.2 Å². The molecule has 1 saturated carbocycles. The van der Waals surface area contributed by atoms with Crippen LogP contribution in [0.2, 0.25) is 0 Å². The van der Waals surface area contributed by atoms with Crippen molar-refractivity contribution in [1.82, 2.24) is 25.1 Å². The number of hydrogen-bond acceptors (Lipinski definition) is 8. The van der Waals surface area contributed by atoms with Gasteiger partial charge < -0.3 is 20.3 Å². The van der Waals surface area contributed by atoms with Crippen LogP contribution in [-0.4, -0.2) is 68.9 Å². The fourth-order valence-corrected chi connectivity index (χ4v) is 5.48. The molecular weight excluding hydrogens is 549 g/mol. The third-order valence-electron chi connectivity index (χ3n) is 7.80. The number of nitriles is 1. The first-order valence-electron chi connectivity index (χ1n) is 14.1. The maximum atomic E-state index is 13.3. The van der Waals surface area contributed by atoms with Crippen LogP contribution in [0.5, 0.6) is 0 Å². The van der Waals surface area contributed by atoms with Crippen molar-refractivity contribution in [1.29, 1.82) is 5.26 Å². The summed E-state index contributed by atoms with van der Waals surface area (Å²) in [5.74, 6) is 0.556. The summed E-state index contributed by atoms with van der Waals surface area (Å²) in [6.45, 7) is 1.34. The molecule has 0 unspecified atom stereocenters. The number of alkyl halides is 3. The molecule has 0 atom stereocenters. The minimum Gasteiger partial charge on any atom is -0.382 e. The molecule has 222 valence electrons. The standard InChI is InChI=1S/C29H33F3N8O2/c1-39-37-28(36-38-39)19-2-5-21(6-3-19)34-23-12-14-40(15-13-23)27(41)18-42-25-10-8-22(9-11-25)35-24-7-4-20(17-33)26(16-24)29(30,31)32/h2-7,16,22-23,25,34-35H,8-15,18H2,1H3/t22-,25-. The molecule has 0 bridgehead atoms. The van der Waals surface area contributed by atoms with Crippen molar-refractivity contribution >= 4 is 17.3 Å². The molecule has 2 fully saturated rings. The van der Waals surface area contributed by atoms with Gasteiger partial charge in [0.05, 0.1) is 30.3 Å². The monoisotopic (exact) mass is 582 g/mol. The van der Waals surface area contributed by atoms with Crippen molar-refractivity contribution < 1.29 is 22.7 Å². The minimum absolute atomic E-state index is 0.000909. The number of tetrazole rings is 1. The Morgan fingerprint density at radius 2 is 1.64 bits per heavy atom. The van der Waals surface area contributed by atoms with Crippen molar-refractivity contribution in [2.75, 3.05) is 30.3 Å². The van der Waals surface area contributed by atoms with Gasteiger partial charge in [0.1, 0.15) is 6.61 Å². The number of aromatic nitrogens is 4. The number of nitrogens with zero attached hydrogens (tertiary/aromatic N) is 6. The number of benzene rings is 2. The van der Waals surface area contributed by atoms with Gasteiger partial charge in [0.25, 0.3) is 0 Å². The van der Waals surface area contributed by atoms with Gasteiger partial charge in [0, 0.05) is 42.1 Å². The van der Waals surface area contributed by atoms with E-state index in [0.29, 0.717) is 50.3 Å². The Labute approximate surface area is 241 Å². The second-order valence-corrected chi connectivity index (χ2v) is 10.8. The largest absolute Gasteiger partial charge is 0.417 e. The van der Waals surface area contributed by atoms with E-state index in [9.17, 15) is 18.0 Å². The highest BCUT2D eigenvalue weighted by molar-refractivity contribution is 5.77. The quantitative estimate of drug-likeness (QED) is 0.395. The lowest BCUT2D eigenvalue weighted by atomic mass is 9.92. The molecule has 2 aliphatic rings. The zero-order valence-electron chi connectivity index (χ0n) is 23.3. The summed E-state index contributed by atoms with van der Waals surface area (Å²) in [5.41, 5.74) is 0.912. The van der Waals surface area contributed by atoms with Gasteiger partial charge in [0.2, 0.25) is 11.7 Å². The van der Waals surface area contributed by atoms with E-state index in [1.54, 1.807) is 13.1 Å². The van der Waals surface area contributed by atoms with Crippen LogP contribution in [0.1, 0.15) is 49.7 Å². The van der Waals surface area contributed by atoms with Crippen LogP contribution in [0.3, 0.4) is 0 Å². The number of ether oxygens (including phenoxy) is 1. The summed E-state index contributed by atoms with van der Waals surface area (Å²) >= 11 is 0. The highest BCUT2D eigenvalue weighted by Crippen LogP contribution is 2.34. The molecule has 0 spiro atoms. The Balaban J connectivity index is 1.01. The summed E-state index contributed by atoms with van der Waals surface area (Å²) in [4.78, 5) is 16.1. The van der Waals surface area contributed by atoms with Gasteiger partial charge >= 0.3 is 6.18 Å². The van der Waals surface area contributed by atoms with Gasteiger partial charge in [-0.05, 0) is 86.2 Å². The Morgan fingerprint density at radius 1 is 1.00 bits per heavy atom. The molecule has 0 radical (unpaired) electrons. The number of likely N-dealkylation sites (tertiary alicyclic amines) is 1. The van der Waals surface area contributed by atoms with Crippen molar-refractivity contribution in [3.05, 3.63) is 53.6 Å². The Morgan fingerprint density at radius 3 is 2.26 bits per heavy atom. The second-order valence-electron chi connectivity index (χ2n) is 10.8. The van der Waals surface area contributed by atoms with E-state index in [0.717, 1.165) is 30.2 Å². The number of aryl methyl sites for hydroxylation is 1. The molecule has 10 nitrogen and oxygen atoms in total. The molecule has 5 rings (SSSR count). The maximum Gasteiger partial charge on any atom is 0.417 e. The number of carbonyl (C=O) groups excluding carboxylic acids is 1. The summed E-state index contributed by atoms with van der Waals surface area (Å²) in [7, 11) is 1.73. The number of nitrogens with one attached hydrogen (secondary N) is 2. The van der Waals surface area contributed by atoms with E-state index in [4.69, 9.17) is 10.00 Å². The lowest BCUT2D eigenvalue weighted by molar-refractivity contribution is -0.140. The lowest BCUT2D eigenvalue weighted by Gasteiger charge is -2.34. The van der Waals surface area contributed by atoms with Crippen LogP contribution in [0.15, 0.2) is 42.5 Å². The fraction of sp³-hybridized carbons (Fsp3) is 0.483.